The lowest BCUT2D eigenvalue weighted by atomic mass is 10.1. The van der Waals surface area contributed by atoms with Gasteiger partial charge in [0.05, 0.1) is 34.4 Å². The monoisotopic (exact) mass is 434 g/mol. The SMILES string of the molecule is C[C@H](NC(=O)OC(C)(C)C)c1nc2cccc(C(F)(F)F)c2c(=O)n1-c1cccnc1. The van der Waals surface area contributed by atoms with Crippen LogP contribution in [0, 0.1) is 0 Å². The van der Waals surface area contributed by atoms with Crippen LogP contribution in [0.4, 0.5) is 18.0 Å². The first-order chi connectivity index (χ1) is 14.4. The summed E-state index contributed by atoms with van der Waals surface area (Å²) in [7, 11) is 0. The highest BCUT2D eigenvalue weighted by Crippen LogP contribution is 2.33. The number of carbonyl (C=O) groups is 1. The molecule has 0 saturated carbocycles. The standard InChI is InChI=1S/C21H21F3N4O3/c1-12(26-19(30)31-20(2,3)4)17-27-15-9-5-8-14(21(22,23)24)16(15)18(29)28(17)13-7-6-10-25-11-13/h5-12H,1-4H3,(H,26,30)/t12-/m0/s1. The molecule has 3 aromatic rings. The van der Waals surface area contributed by atoms with Gasteiger partial charge in [-0.05, 0) is 52.0 Å². The largest absolute Gasteiger partial charge is 0.444 e. The fourth-order valence-electron chi connectivity index (χ4n) is 3.06. The topological polar surface area (TPSA) is 86.1 Å². The van der Waals surface area contributed by atoms with Gasteiger partial charge in [-0.3, -0.25) is 14.3 Å². The van der Waals surface area contributed by atoms with Gasteiger partial charge in [-0.1, -0.05) is 6.07 Å². The van der Waals surface area contributed by atoms with Crippen LogP contribution in [0.25, 0.3) is 16.6 Å². The number of alkyl halides is 3. The number of hydrogen-bond acceptors (Lipinski definition) is 5. The number of benzene rings is 1. The molecule has 1 aromatic carbocycles. The van der Waals surface area contributed by atoms with Gasteiger partial charge in [0.25, 0.3) is 5.56 Å². The highest BCUT2D eigenvalue weighted by atomic mass is 19.4. The molecule has 7 nitrogen and oxygen atoms in total. The maximum atomic E-state index is 13.6. The molecule has 2 heterocycles. The molecule has 1 atom stereocenters. The van der Waals surface area contributed by atoms with Crippen molar-refractivity contribution in [1.29, 1.82) is 0 Å². The first-order valence-corrected chi connectivity index (χ1v) is 9.41. The average molecular weight is 434 g/mol. The van der Waals surface area contributed by atoms with Crippen molar-refractivity contribution in [3.05, 3.63) is 64.5 Å². The molecular weight excluding hydrogens is 413 g/mol. The number of halogens is 3. The highest BCUT2D eigenvalue weighted by molar-refractivity contribution is 5.82. The lowest BCUT2D eigenvalue weighted by Gasteiger charge is -2.23. The van der Waals surface area contributed by atoms with E-state index in [1.165, 1.54) is 36.7 Å². The molecule has 0 aliphatic heterocycles. The predicted octanol–water partition coefficient (Wildman–Crippen LogP) is 4.39. The fourth-order valence-corrected chi connectivity index (χ4v) is 3.06. The molecule has 1 amide bonds. The van der Waals surface area contributed by atoms with E-state index in [1.54, 1.807) is 27.7 Å². The Hall–Kier alpha value is -3.43. The molecule has 0 bridgehead atoms. The number of nitrogens with zero attached hydrogens (tertiary/aromatic N) is 3. The van der Waals surface area contributed by atoms with Gasteiger partial charge in [-0.25, -0.2) is 9.78 Å². The molecule has 31 heavy (non-hydrogen) atoms. The minimum atomic E-state index is -4.74. The maximum absolute atomic E-state index is 13.6. The summed E-state index contributed by atoms with van der Waals surface area (Å²) in [4.78, 5) is 33.7. The third-order valence-electron chi connectivity index (χ3n) is 4.25. The average Bonchev–Trinajstić information content (AvgIpc) is 2.65. The van der Waals surface area contributed by atoms with E-state index < -0.39 is 40.4 Å². The summed E-state index contributed by atoms with van der Waals surface area (Å²) >= 11 is 0. The van der Waals surface area contributed by atoms with E-state index in [9.17, 15) is 22.8 Å². The molecule has 1 N–H and O–H groups in total. The molecule has 0 radical (unpaired) electrons. The number of ether oxygens (including phenoxy) is 1. The van der Waals surface area contributed by atoms with Crippen LogP contribution in [-0.2, 0) is 10.9 Å². The van der Waals surface area contributed by atoms with E-state index in [4.69, 9.17) is 4.74 Å². The van der Waals surface area contributed by atoms with Crippen LogP contribution in [0.3, 0.4) is 0 Å². The number of fused-ring (bicyclic) bond motifs is 1. The molecule has 0 spiro atoms. The lowest BCUT2D eigenvalue weighted by Crippen LogP contribution is -2.37. The van der Waals surface area contributed by atoms with Crippen molar-refractivity contribution < 1.29 is 22.7 Å². The van der Waals surface area contributed by atoms with Crippen molar-refractivity contribution in [3.8, 4) is 5.69 Å². The number of rotatable bonds is 3. The van der Waals surface area contributed by atoms with Crippen LogP contribution in [0.1, 0.15) is 45.1 Å². The zero-order valence-electron chi connectivity index (χ0n) is 17.3. The number of nitrogens with one attached hydrogen (secondary N) is 1. The van der Waals surface area contributed by atoms with Gasteiger partial charge in [0.15, 0.2) is 0 Å². The molecule has 0 unspecified atom stereocenters. The third kappa shape index (κ3) is 4.84. The van der Waals surface area contributed by atoms with Gasteiger partial charge in [0.2, 0.25) is 0 Å². The number of pyridine rings is 1. The Labute approximate surface area is 175 Å². The molecule has 164 valence electrons. The second-order valence-corrected chi connectivity index (χ2v) is 7.89. The van der Waals surface area contributed by atoms with Crippen molar-refractivity contribution in [2.24, 2.45) is 0 Å². The number of alkyl carbamates (subject to hydrolysis) is 1. The minimum absolute atomic E-state index is 0.0377. The van der Waals surface area contributed by atoms with Gasteiger partial charge in [-0.15, -0.1) is 0 Å². The van der Waals surface area contributed by atoms with E-state index in [1.807, 2.05) is 0 Å². The molecule has 10 heteroatoms. The van der Waals surface area contributed by atoms with E-state index in [2.05, 4.69) is 15.3 Å². The molecular formula is C21H21F3N4O3. The predicted molar refractivity (Wildman–Crippen MR) is 108 cm³/mol. The van der Waals surface area contributed by atoms with Crippen LogP contribution < -0.4 is 10.9 Å². The Balaban J connectivity index is 2.24. The van der Waals surface area contributed by atoms with Gasteiger partial charge in [-0.2, -0.15) is 13.2 Å². The van der Waals surface area contributed by atoms with Crippen LogP contribution in [0.2, 0.25) is 0 Å². The van der Waals surface area contributed by atoms with Crippen LogP contribution in [-0.4, -0.2) is 26.2 Å². The second kappa shape index (κ2) is 8.01. The third-order valence-corrected chi connectivity index (χ3v) is 4.25. The quantitative estimate of drug-likeness (QED) is 0.661. The zero-order valence-corrected chi connectivity index (χ0v) is 17.3. The summed E-state index contributed by atoms with van der Waals surface area (Å²) in [6, 6.07) is 5.53. The summed E-state index contributed by atoms with van der Waals surface area (Å²) in [6.45, 7) is 6.62. The van der Waals surface area contributed by atoms with E-state index in [0.717, 1.165) is 10.6 Å². The normalized spacial score (nSPS) is 13.1. The number of hydrogen-bond donors (Lipinski definition) is 1. The summed E-state index contributed by atoms with van der Waals surface area (Å²) in [5.41, 5.74) is -2.68. The maximum Gasteiger partial charge on any atom is 0.417 e. The van der Waals surface area contributed by atoms with Gasteiger partial charge in [0.1, 0.15) is 11.4 Å². The van der Waals surface area contributed by atoms with Crippen LogP contribution >= 0.6 is 0 Å². The fraction of sp³-hybridized carbons (Fsp3) is 0.333. The molecule has 0 aliphatic rings. The number of amides is 1. The zero-order chi connectivity index (χ0) is 23.0. The van der Waals surface area contributed by atoms with Gasteiger partial charge >= 0.3 is 12.3 Å². The van der Waals surface area contributed by atoms with E-state index >= 15 is 0 Å². The number of aromatic nitrogens is 3. The van der Waals surface area contributed by atoms with Crippen molar-refractivity contribution >= 4 is 17.0 Å². The van der Waals surface area contributed by atoms with Crippen molar-refractivity contribution in [2.45, 2.75) is 45.5 Å². The summed E-state index contributed by atoms with van der Waals surface area (Å²) < 4.78 is 46.9. The Morgan fingerprint density at radius 1 is 1.16 bits per heavy atom. The smallest absolute Gasteiger partial charge is 0.417 e. The van der Waals surface area contributed by atoms with Gasteiger partial charge < -0.3 is 10.1 Å². The summed E-state index contributed by atoms with van der Waals surface area (Å²) in [6.07, 6.45) is -2.70. The highest BCUT2D eigenvalue weighted by Gasteiger charge is 2.35. The van der Waals surface area contributed by atoms with Crippen molar-refractivity contribution in [2.75, 3.05) is 0 Å². The molecule has 0 aliphatic carbocycles. The molecule has 0 fully saturated rings. The van der Waals surface area contributed by atoms with Crippen molar-refractivity contribution in [3.63, 3.8) is 0 Å². The first-order valence-electron chi connectivity index (χ1n) is 9.41. The van der Waals surface area contributed by atoms with Crippen LogP contribution in [0.15, 0.2) is 47.5 Å². The van der Waals surface area contributed by atoms with Crippen LogP contribution in [0.5, 0.6) is 0 Å². The minimum Gasteiger partial charge on any atom is -0.444 e. The molecule has 2 aromatic heterocycles. The lowest BCUT2D eigenvalue weighted by molar-refractivity contribution is -0.136. The second-order valence-electron chi connectivity index (χ2n) is 7.89. The Morgan fingerprint density at radius 2 is 1.87 bits per heavy atom. The molecule has 0 saturated heterocycles. The molecule has 3 rings (SSSR count). The van der Waals surface area contributed by atoms with Gasteiger partial charge in [0, 0.05) is 6.20 Å². The Morgan fingerprint density at radius 3 is 2.45 bits per heavy atom. The number of carbonyl (C=O) groups excluding carboxylic acids is 1. The summed E-state index contributed by atoms with van der Waals surface area (Å²) in [5, 5.41) is 2.01. The van der Waals surface area contributed by atoms with E-state index in [-0.39, 0.29) is 17.0 Å². The summed E-state index contributed by atoms with van der Waals surface area (Å²) in [5.74, 6) is 0.0377. The Kier molecular flexibility index (Phi) is 5.75. The Bertz CT molecular complexity index is 1170. The first kappa shape index (κ1) is 22.3. The van der Waals surface area contributed by atoms with E-state index in [0.29, 0.717) is 0 Å². The van der Waals surface area contributed by atoms with Crippen molar-refractivity contribution in [1.82, 2.24) is 19.9 Å².